The Kier molecular flexibility index (Phi) is 4.91. The molecule has 1 atom stereocenters. The van der Waals surface area contributed by atoms with Crippen LogP contribution >= 0.6 is 0 Å². The Labute approximate surface area is 160 Å². The summed E-state index contributed by atoms with van der Waals surface area (Å²) >= 11 is 0. The summed E-state index contributed by atoms with van der Waals surface area (Å²) < 4.78 is 40.1. The molecule has 1 aromatic carbocycles. The minimum atomic E-state index is -4.40. The van der Waals surface area contributed by atoms with E-state index in [4.69, 9.17) is 5.73 Å². The third kappa shape index (κ3) is 3.84. The third-order valence-corrected chi connectivity index (χ3v) is 4.70. The second-order valence-electron chi connectivity index (χ2n) is 8.11. The van der Waals surface area contributed by atoms with E-state index in [1.807, 2.05) is 20.8 Å². The van der Waals surface area contributed by atoms with Gasteiger partial charge in [0.05, 0.1) is 17.8 Å². The molecule has 1 unspecified atom stereocenters. The summed E-state index contributed by atoms with van der Waals surface area (Å²) in [5.41, 5.74) is 6.94. The van der Waals surface area contributed by atoms with Crippen LogP contribution in [0.15, 0.2) is 24.3 Å². The number of fused-ring (bicyclic) bond motifs is 1. The van der Waals surface area contributed by atoms with Crippen molar-refractivity contribution < 1.29 is 23.1 Å². The van der Waals surface area contributed by atoms with Crippen LogP contribution in [0.1, 0.15) is 43.2 Å². The molecule has 3 N–H and O–H groups in total. The predicted octanol–water partition coefficient (Wildman–Crippen LogP) is 3.62. The van der Waals surface area contributed by atoms with E-state index in [1.165, 1.54) is 17.0 Å². The van der Waals surface area contributed by atoms with E-state index < -0.39 is 17.8 Å². The fourth-order valence-corrected chi connectivity index (χ4v) is 3.47. The molecule has 1 aliphatic heterocycles. The molecule has 1 amide bonds. The van der Waals surface area contributed by atoms with Crippen molar-refractivity contribution in [3.63, 3.8) is 0 Å². The molecule has 152 valence electrons. The molecule has 9 heteroatoms. The van der Waals surface area contributed by atoms with Gasteiger partial charge in [-0.3, -0.25) is 4.90 Å². The van der Waals surface area contributed by atoms with Crippen LogP contribution in [-0.4, -0.2) is 33.6 Å². The van der Waals surface area contributed by atoms with Crippen LogP contribution in [0.25, 0.3) is 0 Å². The average molecular weight is 396 g/mol. The highest BCUT2D eigenvalue weighted by molar-refractivity contribution is 5.87. The highest BCUT2D eigenvalue weighted by Crippen LogP contribution is 2.36. The molecule has 1 aromatic heterocycles. The van der Waals surface area contributed by atoms with Gasteiger partial charge in [-0.05, 0) is 17.7 Å². The Morgan fingerprint density at radius 3 is 2.32 bits per heavy atom. The monoisotopic (exact) mass is 396 g/mol. The lowest BCUT2D eigenvalue weighted by Gasteiger charge is -2.30. The molecule has 0 fully saturated rings. The zero-order valence-electron chi connectivity index (χ0n) is 15.9. The number of anilines is 1. The van der Waals surface area contributed by atoms with Gasteiger partial charge in [-0.2, -0.15) is 18.3 Å². The number of carboxylic acid groups (broad SMARTS) is 1. The van der Waals surface area contributed by atoms with Crippen LogP contribution in [0.2, 0.25) is 0 Å². The number of hydrogen-bond acceptors (Lipinski definition) is 3. The highest BCUT2D eigenvalue weighted by Gasteiger charge is 2.35. The highest BCUT2D eigenvalue weighted by atomic mass is 19.4. The Morgan fingerprint density at radius 2 is 1.82 bits per heavy atom. The van der Waals surface area contributed by atoms with Gasteiger partial charge in [-0.25, -0.2) is 9.48 Å². The third-order valence-electron chi connectivity index (χ3n) is 4.70. The zero-order chi connectivity index (χ0) is 20.9. The second-order valence-corrected chi connectivity index (χ2v) is 8.11. The number of nitrogens with zero attached hydrogens (tertiary/aromatic N) is 3. The number of alkyl halides is 3. The number of benzene rings is 1. The molecule has 0 saturated heterocycles. The molecule has 2 heterocycles. The summed E-state index contributed by atoms with van der Waals surface area (Å²) in [6, 6.07) is 4.52. The van der Waals surface area contributed by atoms with E-state index in [0.29, 0.717) is 29.2 Å². The van der Waals surface area contributed by atoms with Crippen LogP contribution in [0.5, 0.6) is 0 Å². The van der Waals surface area contributed by atoms with Gasteiger partial charge < -0.3 is 10.8 Å². The number of hydrogen-bond donors (Lipinski definition) is 2. The lowest BCUT2D eigenvalue weighted by Crippen LogP contribution is -2.48. The van der Waals surface area contributed by atoms with Crippen molar-refractivity contribution in [1.82, 2.24) is 9.78 Å². The Balaban J connectivity index is 2.08. The van der Waals surface area contributed by atoms with Gasteiger partial charge in [0.2, 0.25) is 0 Å². The van der Waals surface area contributed by atoms with Crippen molar-refractivity contribution >= 4 is 11.9 Å². The van der Waals surface area contributed by atoms with Crippen LogP contribution in [-0.2, 0) is 24.6 Å². The van der Waals surface area contributed by atoms with Crippen LogP contribution < -0.4 is 10.6 Å². The molecule has 6 nitrogen and oxygen atoms in total. The average Bonchev–Trinajstić information content (AvgIpc) is 2.92. The van der Waals surface area contributed by atoms with E-state index in [2.05, 4.69) is 5.10 Å². The minimum Gasteiger partial charge on any atom is -0.465 e. The van der Waals surface area contributed by atoms with Crippen LogP contribution in [0.4, 0.5) is 23.8 Å². The van der Waals surface area contributed by atoms with Crippen molar-refractivity contribution in [3.05, 3.63) is 46.6 Å². The molecule has 1 aliphatic rings. The van der Waals surface area contributed by atoms with Crippen molar-refractivity contribution in [2.24, 2.45) is 5.73 Å². The van der Waals surface area contributed by atoms with E-state index >= 15 is 0 Å². The first-order valence-electron chi connectivity index (χ1n) is 8.90. The molecule has 28 heavy (non-hydrogen) atoms. The fourth-order valence-electron chi connectivity index (χ4n) is 3.47. The van der Waals surface area contributed by atoms with Gasteiger partial charge in [-0.15, -0.1) is 0 Å². The molecule has 0 radical (unpaired) electrons. The van der Waals surface area contributed by atoms with Gasteiger partial charge in [0.1, 0.15) is 5.82 Å². The molecular formula is C19H23F3N4O2. The van der Waals surface area contributed by atoms with Gasteiger partial charge in [0.25, 0.3) is 0 Å². The summed E-state index contributed by atoms with van der Waals surface area (Å²) in [6.07, 6.45) is -5.26. The van der Waals surface area contributed by atoms with Crippen molar-refractivity contribution in [1.29, 1.82) is 0 Å². The second kappa shape index (κ2) is 6.80. The number of rotatable bonds is 2. The number of amides is 1. The first-order valence-corrected chi connectivity index (χ1v) is 8.90. The lowest BCUT2D eigenvalue weighted by molar-refractivity contribution is -0.137. The van der Waals surface area contributed by atoms with Crippen molar-refractivity contribution in [2.75, 3.05) is 11.4 Å². The predicted molar refractivity (Wildman–Crippen MR) is 98.5 cm³/mol. The maximum atomic E-state index is 12.8. The Morgan fingerprint density at radius 1 is 1.21 bits per heavy atom. The Bertz CT molecular complexity index is 882. The molecule has 3 rings (SSSR count). The first-order chi connectivity index (χ1) is 12.9. The topological polar surface area (TPSA) is 84.4 Å². The summed E-state index contributed by atoms with van der Waals surface area (Å²) in [5, 5.41) is 14.2. The number of carbonyl (C=O) groups is 1. The lowest BCUT2D eigenvalue weighted by atomic mass is 9.87. The number of nitrogens with two attached hydrogens (primary N) is 1. The summed E-state index contributed by atoms with van der Waals surface area (Å²) in [4.78, 5) is 13.0. The summed E-state index contributed by atoms with van der Waals surface area (Å²) in [5.74, 6) is 0.444. The number of halogens is 3. The maximum absolute atomic E-state index is 12.8. The molecule has 0 bridgehead atoms. The molecular weight excluding hydrogens is 373 g/mol. The van der Waals surface area contributed by atoms with Gasteiger partial charge in [0.15, 0.2) is 0 Å². The minimum absolute atomic E-state index is 0.143. The van der Waals surface area contributed by atoms with E-state index in [1.54, 1.807) is 4.68 Å². The maximum Gasteiger partial charge on any atom is 0.416 e. The molecule has 0 aliphatic carbocycles. The quantitative estimate of drug-likeness (QED) is 0.812. The molecule has 2 aromatic rings. The van der Waals surface area contributed by atoms with Gasteiger partial charge >= 0.3 is 12.3 Å². The van der Waals surface area contributed by atoms with Crippen molar-refractivity contribution in [3.8, 4) is 0 Å². The van der Waals surface area contributed by atoms with Crippen LogP contribution in [0.3, 0.4) is 0 Å². The van der Waals surface area contributed by atoms with Gasteiger partial charge in [-0.1, -0.05) is 32.9 Å². The van der Waals surface area contributed by atoms with E-state index in [-0.39, 0.29) is 24.4 Å². The van der Waals surface area contributed by atoms with Gasteiger partial charge in [0, 0.05) is 30.0 Å². The summed E-state index contributed by atoms with van der Waals surface area (Å²) in [7, 11) is 0. The summed E-state index contributed by atoms with van der Waals surface area (Å²) in [6.45, 7) is 6.41. The first kappa shape index (κ1) is 20.2. The Hall–Kier alpha value is -2.55. The zero-order valence-corrected chi connectivity index (χ0v) is 15.9. The standard InChI is InChI=1S/C19H23F3N4O2/c1-18(2,3)15-14(8-11-4-6-12(7-5-11)19(20,21)22)16-25(17(27)28)9-13(23)10-26(16)24-15/h4-7,13H,8-10,23H2,1-3H3,(H,27,28). The SMILES string of the molecule is CC(C)(C)c1nn2c(c1Cc1ccc(C(F)(F)F)cc1)N(C(=O)O)CC(N)C2. The van der Waals surface area contributed by atoms with E-state index in [0.717, 1.165) is 12.1 Å². The largest absolute Gasteiger partial charge is 0.465 e. The molecule has 0 spiro atoms. The van der Waals surface area contributed by atoms with E-state index in [9.17, 15) is 23.1 Å². The van der Waals surface area contributed by atoms with Crippen molar-refractivity contribution in [2.45, 2.75) is 51.4 Å². The van der Waals surface area contributed by atoms with Crippen LogP contribution in [0, 0.1) is 0 Å². The normalized spacial score (nSPS) is 17.5. The fraction of sp³-hybridized carbons (Fsp3) is 0.474. The smallest absolute Gasteiger partial charge is 0.416 e. The molecule has 0 saturated carbocycles. The number of aromatic nitrogens is 2.